The maximum atomic E-state index is 12.0. The van der Waals surface area contributed by atoms with Crippen LogP contribution in [0, 0.1) is 17.3 Å². The van der Waals surface area contributed by atoms with E-state index in [-0.39, 0.29) is 88.9 Å². The third-order valence-electron chi connectivity index (χ3n) is 15.9. The molecule has 15 aliphatic rings. The zero-order valence-corrected chi connectivity index (χ0v) is 57.3. The number of hydrogen-bond donors (Lipinski definition) is 0. The lowest BCUT2D eigenvalue weighted by Gasteiger charge is -2.23. The quantitative estimate of drug-likeness (QED) is 0.0242. The van der Waals surface area contributed by atoms with E-state index in [1.54, 1.807) is 21.3 Å². The first-order valence-electron chi connectivity index (χ1n) is 34.5. The van der Waals surface area contributed by atoms with Crippen LogP contribution in [-0.4, -0.2) is 343 Å². The number of fused-ring (bicyclic) bond motifs is 2. The predicted octanol–water partition coefficient (Wildman–Crippen LogP) is 7.91. The van der Waals surface area contributed by atoms with E-state index in [2.05, 4.69) is 18.6 Å². The molecule has 13 heterocycles. The molecule has 0 bridgehead atoms. The summed E-state index contributed by atoms with van der Waals surface area (Å²) in [4.78, 5) is 12.0. The molecule has 15 fully saturated rings. The van der Waals surface area contributed by atoms with Gasteiger partial charge < -0.3 is 128 Å². The third kappa shape index (κ3) is 55.8. The lowest BCUT2D eigenvalue weighted by atomic mass is 9.89. The van der Waals surface area contributed by atoms with E-state index in [4.69, 9.17) is 123 Å². The molecule has 0 spiro atoms. The number of carbonyl (C=O) groups excluding carboxylic acids is 1. The molecule has 0 radical (unpaired) electrons. The molecule has 2 aliphatic carbocycles. The summed E-state index contributed by atoms with van der Waals surface area (Å²) in [6, 6.07) is 0. The molecule has 28 heteroatoms. The number of methoxy groups -OCH3 is 2. The monoisotopic (exact) mass is 1490 g/mol. The standard InChI is InChI=1S/C14H20O4.C11H20O4.C9H16O4.2C8H14O4.C7H12O4.C7H14O3.C2H6O.8CH4/c15-14(9-2-4-11-13(6-9)18-11)16-7-8-1-3-10-12(5-8)17-10;1-11(2,7-12-3-9-5-14-9)8-13-4-10-6-15-10;1-7(11-4-9-6-13-9)2-10-3-8-5-12-8;2*1(9-3-7-5-11-7)2-10-4-8-6-12-8;1(6-3-10-6)8-5-9-2-7-4-11-7;1-6(3-8-2)9-4-7-5-10-7;1-3-2;;;;;;;;/h8-13H,1-7H2;9-10H,3-8H2,1-2H3;7-9H,2-6H2,1H3;2*7-8H,1-6H2;6-7H,1-5H2;6-7H,3-5H2,1-2H3;1-2H3;8*1H4. The Morgan fingerprint density at radius 3 is 0.980 bits per heavy atom. The molecule has 19 unspecified atom stereocenters. The van der Waals surface area contributed by atoms with Crippen LogP contribution in [0.4, 0.5) is 0 Å². The second-order valence-electron chi connectivity index (χ2n) is 26.8. The molecule has 0 aromatic heterocycles. The molecule has 28 nitrogen and oxygen atoms in total. The number of esters is 1. The maximum Gasteiger partial charge on any atom is 0.309 e. The van der Waals surface area contributed by atoms with Crippen molar-refractivity contribution in [3.63, 3.8) is 0 Å². The van der Waals surface area contributed by atoms with Crippen LogP contribution in [0.15, 0.2) is 0 Å². The highest BCUT2D eigenvalue weighted by Gasteiger charge is 2.47. The summed E-state index contributed by atoms with van der Waals surface area (Å²) in [7, 11) is 4.92. The highest BCUT2D eigenvalue weighted by atomic mass is 16.7. The highest BCUT2D eigenvalue weighted by molar-refractivity contribution is 5.72. The van der Waals surface area contributed by atoms with Crippen LogP contribution in [-0.2, 0) is 133 Å². The Labute approximate surface area is 616 Å². The Hall–Kier alpha value is -1.57. The van der Waals surface area contributed by atoms with Gasteiger partial charge in [0.15, 0.2) is 0 Å². The van der Waals surface area contributed by atoms with Crippen LogP contribution in [0.2, 0.25) is 0 Å². The summed E-state index contributed by atoms with van der Waals surface area (Å²) >= 11 is 0. The van der Waals surface area contributed by atoms with Gasteiger partial charge in [-0.2, -0.15) is 0 Å². The lowest BCUT2D eigenvalue weighted by Crippen LogP contribution is -2.27. The Bertz CT molecular complexity index is 1830. The van der Waals surface area contributed by atoms with Gasteiger partial charge in [-0.3, -0.25) is 4.79 Å². The summed E-state index contributed by atoms with van der Waals surface area (Å²) in [5.74, 6) is 0.608. The topological polar surface area (TPSA) is 309 Å². The van der Waals surface area contributed by atoms with Crippen molar-refractivity contribution in [3.8, 4) is 0 Å². The summed E-state index contributed by atoms with van der Waals surface area (Å²) < 4.78 is 139. The first-order valence-corrected chi connectivity index (χ1v) is 34.5. The molecule has 102 heavy (non-hydrogen) atoms. The van der Waals surface area contributed by atoms with Crippen LogP contribution in [0.3, 0.4) is 0 Å². The fourth-order valence-electron chi connectivity index (χ4n) is 9.11. The Kier molecular flexibility index (Phi) is 56.6. The molecule has 0 aromatic carbocycles. The smallest absolute Gasteiger partial charge is 0.309 e. The van der Waals surface area contributed by atoms with Gasteiger partial charge in [-0.25, -0.2) is 0 Å². The Morgan fingerprint density at radius 1 is 0.363 bits per heavy atom. The normalized spacial score (nSPS) is 31.1. The van der Waals surface area contributed by atoms with Crippen LogP contribution >= 0.6 is 0 Å². The molecule has 13 saturated heterocycles. The minimum absolute atomic E-state index is 0. The Morgan fingerprint density at radius 2 is 0.657 bits per heavy atom. The van der Waals surface area contributed by atoms with Gasteiger partial charge in [0, 0.05) is 26.7 Å². The van der Waals surface area contributed by atoms with Crippen molar-refractivity contribution < 1.29 is 133 Å². The van der Waals surface area contributed by atoms with Gasteiger partial charge in [0.25, 0.3) is 0 Å². The van der Waals surface area contributed by atoms with Gasteiger partial charge in [-0.15, -0.1) is 0 Å². The van der Waals surface area contributed by atoms with E-state index in [0.29, 0.717) is 210 Å². The van der Waals surface area contributed by atoms with E-state index >= 15 is 0 Å². The van der Waals surface area contributed by atoms with Crippen molar-refractivity contribution in [1.82, 2.24) is 0 Å². The van der Waals surface area contributed by atoms with Crippen molar-refractivity contribution in [2.75, 3.05) is 233 Å². The number of epoxide rings is 13. The van der Waals surface area contributed by atoms with Gasteiger partial charge >= 0.3 is 5.97 Å². The molecule has 15 rings (SSSR count). The second-order valence-corrected chi connectivity index (χ2v) is 26.8. The predicted molar refractivity (Wildman–Crippen MR) is 386 cm³/mol. The van der Waals surface area contributed by atoms with E-state index in [1.165, 1.54) is 0 Å². The van der Waals surface area contributed by atoms with E-state index < -0.39 is 0 Å². The summed E-state index contributed by atoms with van der Waals surface area (Å²) in [6.07, 6.45) is 12.2. The minimum Gasteiger partial charge on any atom is -0.465 e. The van der Waals surface area contributed by atoms with Crippen molar-refractivity contribution in [2.24, 2.45) is 17.3 Å². The fraction of sp³-hybridized carbons (Fsp3) is 0.986. The maximum absolute atomic E-state index is 12.0. The van der Waals surface area contributed by atoms with Gasteiger partial charge in [0.05, 0.1) is 247 Å². The summed E-state index contributed by atoms with van der Waals surface area (Å²) in [5, 5.41) is 0. The highest BCUT2D eigenvalue weighted by Crippen LogP contribution is 2.41. The first-order chi connectivity index (χ1) is 45.9. The van der Waals surface area contributed by atoms with Crippen LogP contribution in [0.5, 0.6) is 0 Å². The Balaban J connectivity index is 0.00000115. The van der Waals surface area contributed by atoms with E-state index in [9.17, 15) is 4.79 Å². The van der Waals surface area contributed by atoms with Crippen molar-refractivity contribution >= 4 is 5.97 Å². The summed E-state index contributed by atoms with van der Waals surface area (Å²) in [6.45, 7) is 31.7. The SMILES string of the molecule is C.C.C.C.C.C.C.C.C(COCC1CO1)OCC1CO1.C(COCC1CO1)OCC1CO1.C(OCC1CO1)OCC1CO1.CC(C)(COCC1CO1)COCC1CO1.CC(COCC1CO1)OCC1CO1.COC.COCC(C)OCC1CO1.O=C(OCC1CCC2OC2C1)C1CCC2OC2C1. The van der Waals surface area contributed by atoms with Gasteiger partial charge in [0.1, 0.15) is 73.9 Å². The molecular formula is C74H148O28. The fourth-order valence-corrected chi connectivity index (χ4v) is 9.11. The van der Waals surface area contributed by atoms with Gasteiger partial charge in [-0.05, 0) is 58.3 Å². The van der Waals surface area contributed by atoms with E-state index in [1.807, 2.05) is 13.8 Å². The second kappa shape index (κ2) is 57.5. The van der Waals surface area contributed by atoms with Gasteiger partial charge in [-0.1, -0.05) is 73.3 Å². The lowest BCUT2D eigenvalue weighted by molar-refractivity contribution is -0.151. The molecule has 0 aromatic rings. The zero-order chi connectivity index (χ0) is 66.0. The van der Waals surface area contributed by atoms with Crippen LogP contribution in [0.25, 0.3) is 0 Å². The van der Waals surface area contributed by atoms with E-state index in [0.717, 1.165) is 138 Å². The summed E-state index contributed by atoms with van der Waals surface area (Å²) in [5.41, 5.74) is 0.0732. The molecule has 612 valence electrons. The molecule has 0 amide bonds. The molecule has 19 atom stereocenters. The van der Waals surface area contributed by atoms with Crippen molar-refractivity contribution in [1.29, 1.82) is 0 Å². The number of carbonyl (C=O) groups is 1. The average Bonchev–Trinajstić information content (AvgIpc) is 1.66. The molecule has 2 saturated carbocycles. The largest absolute Gasteiger partial charge is 0.465 e. The number of hydrogen-bond acceptors (Lipinski definition) is 28. The van der Waals surface area contributed by atoms with Crippen LogP contribution < -0.4 is 0 Å². The first kappa shape index (κ1) is 100. The number of rotatable bonds is 43. The van der Waals surface area contributed by atoms with Crippen molar-refractivity contribution in [2.45, 2.75) is 229 Å². The van der Waals surface area contributed by atoms with Gasteiger partial charge in [0.2, 0.25) is 0 Å². The molecule has 0 N–H and O–H groups in total. The minimum atomic E-state index is 0. The molecule has 13 aliphatic heterocycles. The number of ether oxygens (including phenoxy) is 27. The zero-order valence-electron chi connectivity index (χ0n) is 57.3. The average molecular weight is 1490 g/mol. The van der Waals surface area contributed by atoms with Crippen LogP contribution in [0.1, 0.15) is 126 Å². The molecular weight excluding hydrogens is 1340 g/mol. The van der Waals surface area contributed by atoms with Crippen molar-refractivity contribution in [3.05, 3.63) is 0 Å². The third-order valence-corrected chi connectivity index (χ3v) is 15.9.